The van der Waals surface area contributed by atoms with E-state index in [4.69, 9.17) is 28.3 Å². The van der Waals surface area contributed by atoms with Gasteiger partial charge in [0.2, 0.25) is 5.89 Å². The molecule has 4 aromatic rings. The van der Waals surface area contributed by atoms with Gasteiger partial charge in [-0.05, 0) is 55.9 Å². The van der Waals surface area contributed by atoms with Crippen LogP contribution in [0.5, 0.6) is 11.5 Å². The summed E-state index contributed by atoms with van der Waals surface area (Å²) in [5, 5.41) is 8.84. The lowest BCUT2D eigenvalue weighted by Crippen LogP contribution is -2.15. The molecule has 0 aliphatic heterocycles. The van der Waals surface area contributed by atoms with E-state index in [1.165, 1.54) is 5.56 Å². The zero-order chi connectivity index (χ0) is 25.5. The molecule has 2 heterocycles. The molecule has 0 spiro atoms. The molecule has 0 N–H and O–H groups in total. The van der Waals surface area contributed by atoms with Gasteiger partial charge in [0.05, 0.1) is 5.69 Å². The number of aryl methyl sites for hydroxylation is 1. The molecule has 10 nitrogen and oxygen atoms in total. The number of rotatable bonds is 13. The zero-order valence-corrected chi connectivity index (χ0v) is 21.4. The van der Waals surface area contributed by atoms with Crippen LogP contribution in [-0.2, 0) is 22.3 Å². The molecule has 10 heteroatoms. The van der Waals surface area contributed by atoms with Gasteiger partial charge in [0.1, 0.15) is 5.52 Å². The molecule has 2 aromatic carbocycles. The number of benzene rings is 2. The smallest absolute Gasteiger partial charge is 0.225 e. The Morgan fingerprint density at radius 2 is 1.78 bits per heavy atom. The molecule has 0 bridgehead atoms. The van der Waals surface area contributed by atoms with E-state index in [-0.39, 0.29) is 13.6 Å². The summed E-state index contributed by atoms with van der Waals surface area (Å²) in [5.41, 5.74) is 4.43. The lowest BCUT2D eigenvalue weighted by atomic mass is 10.1. The fraction of sp³-hybridized carbons (Fsp3) is 0.423. The van der Waals surface area contributed by atoms with Gasteiger partial charge < -0.3 is 28.3 Å². The molecular formula is C26H33N5O5. The minimum absolute atomic E-state index is 0.0676. The second-order valence-corrected chi connectivity index (χ2v) is 8.66. The Hall–Kier alpha value is -3.47. The van der Waals surface area contributed by atoms with Gasteiger partial charge in [-0.1, -0.05) is 24.3 Å². The Morgan fingerprint density at radius 3 is 2.50 bits per heavy atom. The number of ether oxygens (including phenoxy) is 4. The van der Waals surface area contributed by atoms with Gasteiger partial charge >= 0.3 is 0 Å². The molecule has 0 amide bonds. The van der Waals surface area contributed by atoms with Gasteiger partial charge in [-0.25, -0.2) is 9.67 Å². The van der Waals surface area contributed by atoms with Crippen LogP contribution in [0.4, 0.5) is 0 Å². The first-order chi connectivity index (χ1) is 17.5. The van der Waals surface area contributed by atoms with Crippen molar-refractivity contribution in [3.05, 3.63) is 65.3 Å². The largest absolute Gasteiger partial charge is 0.464 e. The molecule has 192 valence electrons. The maximum Gasteiger partial charge on any atom is 0.225 e. The van der Waals surface area contributed by atoms with E-state index in [2.05, 4.69) is 28.2 Å². The van der Waals surface area contributed by atoms with E-state index in [0.29, 0.717) is 17.4 Å². The van der Waals surface area contributed by atoms with Crippen molar-refractivity contribution >= 4 is 11.1 Å². The molecule has 0 radical (unpaired) electrons. The molecule has 0 saturated carbocycles. The van der Waals surface area contributed by atoms with Crippen LogP contribution in [0.15, 0.2) is 47.0 Å². The van der Waals surface area contributed by atoms with Crippen LogP contribution in [0.25, 0.3) is 11.1 Å². The van der Waals surface area contributed by atoms with Crippen LogP contribution >= 0.6 is 0 Å². The summed E-state index contributed by atoms with van der Waals surface area (Å²) in [4.78, 5) is 6.92. The molecule has 0 aliphatic carbocycles. The quantitative estimate of drug-likeness (QED) is 0.257. The van der Waals surface area contributed by atoms with E-state index < -0.39 is 6.04 Å². The average Bonchev–Trinajstić information content (AvgIpc) is 3.52. The fourth-order valence-corrected chi connectivity index (χ4v) is 3.80. The summed E-state index contributed by atoms with van der Waals surface area (Å²) in [7, 11) is 7.20. The Kier molecular flexibility index (Phi) is 8.52. The Balaban J connectivity index is 1.78. The number of hydrogen-bond acceptors (Lipinski definition) is 9. The molecule has 2 aromatic heterocycles. The highest BCUT2D eigenvalue weighted by Gasteiger charge is 2.26. The lowest BCUT2D eigenvalue weighted by Gasteiger charge is -2.17. The van der Waals surface area contributed by atoms with E-state index in [0.717, 1.165) is 41.7 Å². The molecule has 0 saturated heterocycles. The van der Waals surface area contributed by atoms with E-state index in [1.54, 1.807) is 18.9 Å². The third kappa shape index (κ3) is 6.01. The molecular weight excluding hydrogens is 462 g/mol. The topological polar surface area (TPSA) is 96.9 Å². The number of oxazole rings is 1. The second-order valence-electron chi connectivity index (χ2n) is 8.66. The molecule has 1 atom stereocenters. The first-order valence-corrected chi connectivity index (χ1v) is 11.8. The van der Waals surface area contributed by atoms with Gasteiger partial charge in [0.15, 0.2) is 36.7 Å². The van der Waals surface area contributed by atoms with Crippen molar-refractivity contribution in [3.63, 3.8) is 0 Å². The zero-order valence-electron chi connectivity index (χ0n) is 21.4. The van der Waals surface area contributed by atoms with Crippen LogP contribution in [0, 0.1) is 0 Å². The summed E-state index contributed by atoms with van der Waals surface area (Å²) in [5.74, 6) is 1.55. The van der Waals surface area contributed by atoms with Gasteiger partial charge in [0.25, 0.3) is 0 Å². The van der Waals surface area contributed by atoms with Gasteiger partial charge in [-0.15, -0.1) is 5.10 Å². The van der Waals surface area contributed by atoms with Crippen LogP contribution in [0.2, 0.25) is 0 Å². The monoisotopic (exact) mass is 495 g/mol. The summed E-state index contributed by atoms with van der Waals surface area (Å²) in [6, 6.07) is 11.2. The number of methoxy groups -OCH3 is 2. The molecule has 0 fully saturated rings. The predicted molar refractivity (Wildman–Crippen MR) is 134 cm³/mol. The van der Waals surface area contributed by atoms with Crippen molar-refractivity contribution in [3.8, 4) is 11.5 Å². The number of nitrogens with zero attached hydrogens (tertiary/aromatic N) is 5. The Labute approximate surface area is 210 Å². The third-order valence-electron chi connectivity index (χ3n) is 5.70. The summed E-state index contributed by atoms with van der Waals surface area (Å²) in [6.45, 7) is 3.14. The van der Waals surface area contributed by atoms with Crippen LogP contribution < -0.4 is 9.47 Å². The molecule has 0 aliphatic rings. The first kappa shape index (κ1) is 25.6. The van der Waals surface area contributed by atoms with Crippen LogP contribution in [0.3, 0.4) is 0 Å². The fourth-order valence-electron chi connectivity index (χ4n) is 3.80. The summed E-state index contributed by atoms with van der Waals surface area (Å²) >= 11 is 0. The van der Waals surface area contributed by atoms with Gasteiger partial charge in [-0.2, -0.15) is 0 Å². The Morgan fingerprint density at radius 1 is 1.00 bits per heavy atom. The van der Waals surface area contributed by atoms with Crippen molar-refractivity contribution in [2.45, 2.75) is 25.8 Å². The van der Waals surface area contributed by atoms with E-state index >= 15 is 0 Å². The number of likely N-dealkylation sites (N-methyl/N-ethyl adjacent to an activating group) is 1. The maximum absolute atomic E-state index is 6.28. The highest BCUT2D eigenvalue weighted by atomic mass is 16.7. The first-order valence-electron chi connectivity index (χ1n) is 11.8. The van der Waals surface area contributed by atoms with E-state index in [1.807, 2.05) is 50.6 Å². The van der Waals surface area contributed by atoms with Crippen molar-refractivity contribution in [1.82, 2.24) is 24.9 Å². The second kappa shape index (κ2) is 12.0. The third-order valence-corrected chi connectivity index (χ3v) is 5.70. The van der Waals surface area contributed by atoms with Crippen molar-refractivity contribution in [2.24, 2.45) is 0 Å². The number of hydrogen-bond donors (Lipinski definition) is 0. The average molecular weight is 496 g/mol. The number of aromatic nitrogens is 4. The van der Waals surface area contributed by atoms with Crippen LogP contribution in [0.1, 0.15) is 35.7 Å². The summed E-state index contributed by atoms with van der Waals surface area (Å²) in [6.07, 6.45) is 3.63. The van der Waals surface area contributed by atoms with Gasteiger partial charge in [-0.3, -0.25) is 0 Å². The normalized spacial score (nSPS) is 12.4. The highest BCUT2D eigenvalue weighted by molar-refractivity contribution is 5.73. The minimum atomic E-state index is -0.468. The minimum Gasteiger partial charge on any atom is -0.464 e. The van der Waals surface area contributed by atoms with Crippen molar-refractivity contribution in [1.29, 1.82) is 0 Å². The van der Waals surface area contributed by atoms with Crippen LogP contribution in [-0.4, -0.2) is 73.3 Å². The lowest BCUT2D eigenvalue weighted by molar-refractivity contribution is 0.0322. The predicted octanol–water partition coefficient (Wildman–Crippen LogP) is 3.69. The SMILES string of the molecule is CCc1ccc2nc(C(c3ccc(OCOC)c(OCOC)c3)n3cc(CCN(C)C)nn3)oc2c1. The molecule has 4 rings (SSSR count). The van der Waals surface area contributed by atoms with E-state index in [9.17, 15) is 0 Å². The molecule has 1 unspecified atom stereocenters. The standard InChI is InChI=1S/C26H33N5O5/c1-6-18-7-9-21-23(13-18)36-26(27-21)25(31-15-20(28-29-31)11-12-30(2)3)19-8-10-22(34-16-32-4)24(14-19)35-17-33-5/h7-10,13-15,25H,6,11-12,16-17H2,1-5H3. The number of fused-ring (bicyclic) bond motifs is 1. The highest BCUT2D eigenvalue weighted by Crippen LogP contribution is 2.35. The Bertz CT molecular complexity index is 1270. The van der Waals surface area contributed by atoms with Crippen molar-refractivity contribution < 1.29 is 23.4 Å². The van der Waals surface area contributed by atoms with Gasteiger partial charge in [0, 0.05) is 33.4 Å². The van der Waals surface area contributed by atoms with Crippen molar-refractivity contribution in [2.75, 3.05) is 48.4 Å². The maximum atomic E-state index is 6.28. The molecule has 36 heavy (non-hydrogen) atoms. The summed E-state index contributed by atoms with van der Waals surface area (Å²) < 4.78 is 29.7.